The van der Waals surface area contributed by atoms with Crippen LogP contribution in [0.5, 0.6) is 0 Å². The Balaban J connectivity index is 1.99. The minimum Gasteiger partial charge on any atom is -0.381 e. The van der Waals surface area contributed by atoms with Crippen molar-refractivity contribution in [1.29, 1.82) is 0 Å². The van der Waals surface area contributed by atoms with Gasteiger partial charge in [0.05, 0.1) is 0 Å². The summed E-state index contributed by atoms with van der Waals surface area (Å²) in [6.45, 7) is 6.62. The van der Waals surface area contributed by atoms with Crippen LogP contribution in [0.25, 0.3) is 0 Å². The summed E-state index contributed by atoms with van der Waals surface area (Å²) in [5.41, 5.74) is 7.13. The highest BCUT2D eigenvalue weighted by atomic mass is 16.5. The SMILES string of the molecule is CC1(C)CCCCC1(N)CC1CCOCC1. The zero-order valence-corrected chi connectivity index (χ0v) is 10.9. The first kappa shape index (κ1) is 12.4. The molecule has 0 radical (unpaired) electrons. The summed E-state index contributed by atoms with van der Waals surface area (Å²) in [5, 5.41) is 0. The normalized spacial score (nSPS) is 36.2. The van der Waals surface area contributed by atoms with Gasteiger partial charge in [0.1, 0.15) is 0 Å². The summed E-state index contributed by atoms with van der Waals surface area (Å²) in [6, 6.07) is 0. The maximum atomic E-state index is 6.73. The number of hydrogen-bond donors (Lipinski definition) is 1. The third-order valence-electron chi connectivity index (χ3n) is 5.02. The fourth-order valence-corrected chi connectivity index (χ4v) is 3.44. The van der Waals surface area contributed by atoms with Crippen LogP contribution in [0.4, 0.5) is 0 Å². The summed E-state index contributed by atoms with van der Waals surface area (Å²) in [5.74, 6) is 0.802. The zero-order valence-electron chi connectivity index (χ0n) is 10.9. The number of rotatable bonds is 2. The van der Waals surface area contributed by atoms with Crippen molar-refractivity contribution in [3.63, 3.8) is 0 Å². The second-order valence-electron chi connectivity index (χ2n) is 6.51. The fraction of sp³-hybridized carbons (Fsp3) is 1.00. The summed E-state index contributed by atoms with van der Waals surface area (Å²) in [7, 11) is 0. The van der Waals surface area contributed by atoms with Gasteiger partial charge in [0.15, 0.2) is 0 Å². The van der Waals surface area contributed by atoms with E-state index in [9.17, 15) is 0 Å². The molecule has 1 aliphatic carbocycles. The van der Waals surface area contributed by atoms with Crippen LogP contribution < -0.4 is 5.73 Å². The zero-order chi connectivity index (χ0) is 11.6. The highest BCUT2D eigenvalue weighted by Gasteiger charge is 2.44. The minimum absolute atomic E-state index is 0.0766. The Kier molecular flexibility index (Phi) is 3.60. The van der Waals surface area contributed by atoms with Crippen LogP contribution in [-0.2, 0) is 4.74 Å². The maximum absolute atomic E-state index is 6.73. The molecule has 0 spiro atoms. The van der Waals surface area contributed by atoms with Gasteiger partial charge in [0.25, 0.3) is 0 Å². The quantitative estimate of drug-likeness (QED) is 0.783. The minimum atomic E-state index is 0.0766. The van der Waals surface area contributed by atoms with Crippen LogP contribution >= 0.6 is 0 Å². The van der Waals surface area contributed by atoms with Crippen molar-refractivity contribution in [1.82, 2.24) is 0 Å². The monoisotopic (exact) mass is 225 g/mol. The van der Waals surface area contributed by atoms with E-state index in [-0.39, 0.29) is 5.54 Å². The molecule has 2 nitrogen and oxygen atoms in total. The van der Waals surface area contributed by atoms with E-state index >= 15 is 0 Å². The molecule has 1 saturated heterocycles. The molecule has 0 amide bonds. The first-order valence-corrected chi connectivity index (χ1v) is 6.90. The second-order valence-corrected chi connectivity index (χ2v) is 6.51. The van der Waals surface area contributed by atoms with Crippen LogP contribution in [0, 0.1) is 11.3 Å². The first-order valence-electron chi connectivity index (χ1n) is 6.90. The Hall–Kier alpha value is -0.0800. The molecule has 16 heavy (non-hydrogen) atoms. The average molecular weight is 225 g/mol. The molecular formula is C14H27NO. The maximum Gasteiger partial charge on any atom is 0.0468 e. The second kappa shape index (κ2) is 4.66. The molecule has 2 fully saturated rings. The predicted octanol–water partition coefficient (Wildman–Crippen LogP) is 3.10. The van der Waals surface area contributed by atoms with Gasteiger partial charge in [-0.3, -0.25) is 0 Å². The molecule has 1 atom stereocenters. The predicted molar refractivity (Wildman–Crippen MR) is 67.3 cm³/mol. The fourth-order valence-electron chi connectivity index (χ4n) is 3.44. The Morgan fingerprint density at radius 3 is 2.38 bits per heavy atom. The van der Waals surface area contributed by atoms with E-state index in [4.69, 9.17) is 10.5 Å². The Bertz CT molecular complexity index is 233. The molecule has 1 unspecified atom stereocenters. The lowest BCUT2D eigenvalue weighted by atomic mass is 9.60. The first-order chi connectivity index (χ1) is 7.54. The molecule has 94 valence electrons. The van der Waals surface area contributed by atoms with Crippen molar-refractivity contribution >= 4 is 0 Å². The van der Waals surface area contributed by atoms with Gasteiger partial charge in [-0.2, -0.15) is 0 Å². The van der Waals surface area contributed by atoms with Crippen molar-refractivity contribution in [2.24, 2.45) is 17.1 Å². The summed E-state index contributed by atoms with van der Waals surface area (Å²) < 4.78 is 5.43. The van der Waals surface area contributed by atoms with Crippen LogP contribution in [0.15, 0.2) is 0 Å². The van der Waals surface area contributed by atoms with Gasteiger partial charge in [-0.25, -0.2) is 0 Å². The van der Waals surface area contributed by atoms with Crippen LogP contribution in [0.1, 0.15) is 58.8 Å². The van der Waals surface area contributed by atoms with Crippen molar-refractivity contribution in [3.8, 4) is 0 Å². The number of nitrogens with two attached hydrogens (primary N) is 1. The van der Waals surface area contributed by atoms with Crippen molar-refractivity contribution in [2.75, 3.05) is 13.2 Å². The standard InChI is InChI=1S/C14H27NO/c1-13(2)7-3-4-8-14(13,15)11-12-5-9-16-10-6-12/h12H,3-11,15H2,1-2H3. The van der Waals surface area contributed by atoms with Gasteiger partial charge < -0.3 is 10.5 Å². The largest absolute Gasteiger partial charge is 0.381 e. The lowest BCUT2D eigenvalue weighted by Crippen LogP contribution is -2.55. The summed E-state index contributed by atoms with van der Waals surface area (Å²) in [4.78, 5) is 0. The van der Waals surface area contributed by atoms with E-state index < -0.39 is 0 Å². The smallest absolute Gasteiger partial charge is 0.0468 e. The lowest BCUT2D eigenvalue weighted by Gasteiger charge is -2.50. The molecule has 1 heterocycles. The molecule has 1 saturated carbocycles. The van der Waals surface area contributed by atoms with Crippen molar-refractivity contribution in [3.05, 3.63) is 0 Å². The molecule has 2 rings (SSSR count). The number of hydrogen-bond acceptors (Lipinski definition) is 2. The van der Waals surface area contributed by atoms with E-state index in [1.54, 1.807) is 0 Å². The molecule has 2 N–H and O–H groups in total. The third-order valence-corrected chi connectivity index (χ3v) is 5.02. The van der Waals surface area contributed by atoms with Gasteiger partial charge in [-0.15, -0.1) is 0 Å². The number of ether oxygens (including phenoxy) is 1. The van der Waals surface area contributed by atoms with Gasteiger partial charge in [0, 0.05) is 18.8 Å². The van der Waals surface area contributed by atoms with Crippen LogP contribution in [0.3, 0.4) is 0 Å². The molecule has 0 aromatic heterocycles. The molecule has 0 aromatic carbocycles. The van der Waals surface area contributed by atoms with E-state index in [2.05, 4.69) is 13.8 Å². The molecule has 0 aromatic rings. The highest BCUT2D eigenvalue weighted by molar-refractivity contribution is 5.01. The Labute approximate surface area is 99.9 Å². The summed E-state index contributed by atoms with van der Waals surface area (Å²) in [6.07, 6.45) is 8.85. The van der Waals surface area contributed by atoms with Crippen LogP contribution in [0.2, 0.25) is 0 Å². The molecule has 0 bridgehead atoms. The van der Waals surface area contributed by atoms with Crippen LogP contribution in [-0.4, -0.2) is 18.8 Å². The van der Waals surface area contributed by atoms with Gasteiger partial charge in [-0.05, 0) is 43.4 Å². The van der Waals surface area contributed by atoms with E-state index in [1.807, 2.05) is 0 Å². The van der Waals surface area contributed by atoms with E-state index in [0.717, 1.165) is 19.1 Å². The molecular weight excluding hydrogens is 198 g/mol. The third kappa shape index (κ3) is 2.43. The van der Waals surface area contributed by atoms with Gasteiger partial charge in [0.2, 0.25) is 0 Å². The molecule has 1 aliphatic heterocycles. The van der Waals surface area contributed by atoms with Crippen molar-refractivity contribution in [2.45, 2.75) is 64.3 Å². The Morgan fingerprint density at radius 2 is 1.75 bits per heavy atom. The topological polar surface area (TPSA) is 35.2 Å². The van der Waals surface area contributed by atoms with E-state index in [1.165, 1.54) is 44.9 Å². The van der Waals surface area contributed by atoms with E-state index in [0.29, 0.717) is 5.41 Å². The van der Waals surface area contributed by atoms with Gasteiger partial charge >= 0.3 is 0 Å². The van der Waals surface area contributed by atoms with Gasteiger partial charge in [-0.1, -0.05) is 26.7 Å². The molecule has 2 heteroatoms. The summed E-state index contributed by atoms with van der Waals surface area (Å²) >= 11 is 0. The molecule has 2 aliphatic rings. The lowest BCUT2D eigenvalue weighted by molar-refractivity contribution is 0.0246. The Morgan fingerprint density at radius 1 is 1.12 bits per heavy atom. The average Bonchev–Trinajstić information content (AvgIpc) is 2.24. The highest BCUT2D eigenvalue weighted by Crippen LogP contribution is 2.46. The van der Waals surface area contributed by atoms with Crippen molar-refractivity contribution < 1.29 is 4.74 Å².